The lowest BCUT2D eigenvalue weighted by Gasteiger charge is -2.14. The van der Waals surface area contributed by atoms with E-state index in [1.165, 1.54) is 0 Å². The Labute approximate surface area is 121 Å². The van der Waals surface area contributed by atoms with Gasteiger partial charge in [0.25, 0.3) is 0 Å². The Morgan fingerprint density at radius 2 is 1.95 bits per heavy atom. The minimum Gasteiger partial charge on any atom is -0.361 e. The van der Waals surface area contributed by atoms with E-state index in [0.717, 1.165) is 23.4 Å². The summed E-state index contributed by atoms with van der Waals surface area (Å²) in [6, 6.07) is 3.61. The number of benzene rings is 1. The Kier molecular flexibility index (Phi) is 4.34. The van der Waals surface area contributed by atoms with Gasteiger partial charge in [0, 0.05) is 23.7 Å². The summed E-state index contributed by atoms with van der Waals surface area (Å²) >= 11 is 0. The maximum atomic E-state index is 13.8. The molecule has 0 saturated carbocycles. The van der Waals surface area contributed by atoms with Crippen LogP contribution in [0.1, 0.15) is 41.1 Å². The number of nitrogens with zero attached hydrogens (tertiary/aromatic N) is 2. The van der Waals surface area contributed by atoms with Gasteiger partial charge in [-0.25, -0.2) is 8.78 Å². The smallest absolute Gasteiger partial charge is 0.138 e. The molecule has 0 aliphatic rings. The van der Waals surface area contributed by atoms with Crippen molar-refractivity contribution in [3.8, 4) is 6.07 Å². The molecule has 2 rings (SSSR count). The topological polar surface area (TPSA) is 61.9 Å². The zero-order chi connectivity index (χ0) is 15.6. The predicted octanol–water partition coefficient (Wildman–Crippen LogP) is 3.29. The third-order valence-corrected chi connectivity index (χ3v) is 3.38. The summed E-state index contributed by atoms with van der Waals surface area (Å²) in [7, 11) is 0. The average molecular weight is 291 g/mol. The third kappa shape index (κ3) is 3.09. The first kappa shape index (κ1) is 15.1. The maximum absolute atomic E-state index is 13.8. The number of nitrogens with one attached hydrogen (secondary N) is 1. The average Bonchev–Trinajstić information content (AvgIpc) is 2.76. The Morgan fingerprint density at radius 3 is 2.43 bits per heavy atom. The van der Waals surface area contributed by atoms with Gasteiger partial charge in [-0.15, -0.1) is 0 Å². The normalized spacial score (nSPS) is 12.2. The number of aromatic nitrogens is 1. The quantitative estimate of drug-likeness (QED) is 0.939. The van der Waals surface area contributed by atoms with Gasteiger partial charge in [-0.05, 0) is 32.9 Å². The third-order valence-electron chi connectivity index (χ3n) is 3.38. The summed E-state index contributed by atoms with van der Waals surface area (Å²) in [5.41, 5.74) is 1.50. The SMILES string of the molecule is Cc1noc(C)c1C(C)NCc1c(F)cc(C#N)cc1F. The highest BCUT2D eigenvalue weighted by Gasteiger charge is 2.18. The standard InChI is InChI=1S/C15H15F2N3O/c1-8(15-9(2)20-21-10(15)3)19-7-12-13(16)4-11(6-18)5-14(12)17/h4-5,8,19H,7H2,1-3H3. The van der Waals surface area contributed by atoms with E-state index in [1.54, 1.807) is 13.0 Å². The summed E-state index contributed by atoms with van der Waals surface area (Å²) in [5.74, 6) is -0.789. The molecule has 0 radical (unpaired) electrons. The van der Waals surface area contributed by atoms with E-state index >= 15 is 0 Å². The minimum atomic E-state index is -0.731. The number of hydrogen-bond acceptors (Lipinski definition) is 4. The van der Waals surface area contributed by atoms with Crippen LogP contribution in [0.5, 0.6) is 0 Å². The van der Waals surface area contributed by atoms with Crippen LogP contribution in [0, 0.1) is 36.8 Å². The summed E-state index contributed by atoms with van der Waals surface area (Å²) in [4.78, 5) is 0. The van der Waals surface area contributed by atoms with Crippen LogP contribution in [-0.2, 0) is 6.54 Å². The Morgan fingerprint density at radius 1 is 1.33 bits per heavy atom. The first-order valence-electron chi connectivity index (χ1n) is 6.48. The first-order chi connectivity index (χ1) is 9.93. The molecule has 1 heterocycles. The van der Waals surface area contributed by atoms with Gasteiger partial charge in [-0.1, -0.05) is 5.16 Å². The van der Waals surface area contributed by atoms with E-state index in [1.807, 2.05) is 13.8 Å². The van der Waals surface area contributed by atoms with Crippen LogP contribution in [0.2, 0.25) is 0 Å². The van der Waals surface area contributed by atoms with Gasteiger partial charge in [-0.2, -0.15) is 5.26 Å². The molecule has 1 N–H and O–H groups in total. The second kappa shape index (κ2) is 6.02. The van der Waals surface area contributed by atoms with Crippen LogP contribution < -0.4 is 5.32 Å². The molecule has 110 valence electrons. The molecule has 0 fully saturated rings. The highest BCUT2D eigenvalue weighted by molar-refractivity contribution is 5.34. The lowest BCUT2D eigenvalue weighted by atomic mass is 10.1. The fraction of sp³-hybridized carbons (Fsp3) is 0.333. The molecule has 6 heteroatoms. The Bertz CT molecular complexity index is 661. The van der Waals surface area contributed by atoms with Gasteiger partial charge in [-0.3, -0.25) is 0 Å². The Balaban J connectivity index is 2.16. The fourth-order valence-corrected chi connectivity index (χ4v) is 2.30. The minimum absolute atomic E-state index is 0.00853. The van der Waals surface area contributed by atoms with Gasteiger partial charge in [0.1, 0.15) is 17.4 Å². The molecular formula is C15H15F2N3O. The van der Waals surface area contributed by atoms with Crippen molar-refractivity contribution < 1.29 is 13.3 Å². The highest BCUT2D eigenvalue weighted by atomic mass is 19.1. The first-order valence-corrected chi connectivity index (χ1v) is 6.48. The number of rotatable bonds is 4. The van der Waals surface area contributed by atoms with Crippen molar-refractivity contribution >= 4 is 0 Å². The van der Waals surface area contributed by atoms with Crippen LogP contribution in [0.15, 0.2) is 16.7 Å². The van der Waals surface area contributed by atoms with E-state index < -0.39 is 11.6 Å². The molecule has 0 aliphatic carbocycles. The summed E-state index contributed by atoms with van der Waals surface area (Å²) in [6.45, 7) is 5.48. The van der Waals surface area contributed by atoms with Gasteiger partial charge < -0.3 is 9.84 Å². The number of hydrogen-bond donors (Lipinski definition) is 1. The van der Waals surface area contributed by atoms with Crippen molar-refractivity contribution in [3.63, 3.8) is 0 Å². The van der Waals surface area contributed by atoms with Gasteiger partial charge in [0.05, 0.1) is 17.3 Å². The summed E-state index contributed by atoms with van der Waals surface area (Å²) in [6.07, 6.45) is 0. The van der Waals surface area contributed by atoms with E-state index in [-0.39, 0.29) is 23.7 Å². The molecule has 1 aromatic carbocycles. The summed E-state index contributed by atoms with van der Waals surface area (Å²) < 4.78 is 32.6. The molecule has 0 aliphatic heterocycles. The van der Waals surface area contributed by atoms with Gasteiger partial charge >= 0.3 is 0 Å². The lowest BCUT2D eigenvalue weighted by molar-refractivity contribution is 0.390. The maximum Gasteiger partial charge on any atom is 0.138 e. The van der Waals surface area contributed by atoms with Gasteiger partial charge in [0.15, 0.2) is 0 Å². The predicted molar refractivity (Wildman–Crippen MR) is 72.3 cm³/mol. The molecule has 0 bridgehead atoms. The van der Waals surface area contributed by atoms with E-state index in [2.05, 4.69) is 10.5 Å². The molecule has 1 unspecified atom stereocenters. The largest absolute Gasteiger partial charge is 0.361 e. The van der Waals surface area contributed by atoms with E-state index in [4.69, 9.17) is 9.78 Å². The molecular weight excluding hydrogens is 276 g/mol. The number of halogens is 2. The van der Waals surface area contributed by atoms with Crippen molar-refractivity contribution in [2.24, 2.45) is 0 Å². The fourth-order valence-electron chi connectivity index (χ4n) is 2.30. The molecule has 1 atom stereocenters. The second-order valence-corrected chi connectivity index (χ2v) is 4.87. The van der Waals surface area contributed by atoms with Crippen LogP contribution in [-0.4, -0.2) is 5.16 Å². The number of nitriles is 1. The molecule has 4 nitrogen and oxygen atoms in total. The van der Waals surface area contributed by atoms with Crippen LogP contribution in [0.4, 0.5) is 8.78 Å². The molecule has 21 heavy (non-hydrogen) atoms. The Hall–Kier alpha value is -2.26. The van der Waals surface area contributed by atoms with E-state index in [0.29, 0.717) is 5.76 Å². The highest BCUT2D eigenvalue weighted by Crippen LogP contribution is 2.22. The molecule has 0 amide bonds. The van der Waals surface area contributed by atoms with E-state index in [9.17, 15) is 8.78 Å². The molecule has 2 aromatic rings. The van der Waals surface area contributed by atoms with Crippen molar-refractivity contribution in [2.45, 2.75) is 33.4 Å². The summed E-state index contributed by atoms with van der Waals surface area (Å²) in [5, 5.41) is 15.6. The van der Waals surface area contributed by atoms with Crippen LogP contribution in [0.3, 0.4) is 0 Å². The van der Waals surface area contributed by atoms with Crippen LogP contribution in [0.25, 0.3) is 0 Å². The lowest BCUT2D eigenvalue weighted by Crippen LogP contribution is -2.20. The van der Waals surface area contributed by atoms with Crippen molar-refractivity contribution in [1.29, 1.82) is 5.26 Å². The zero-order valence-corrected chi connectivity index (χ0v) is 12.0. The van der Waals surface area contributed by atoms with Crippen molar-refractivity contribution in [2.75, 3.05) is 0 Å². The van der Waals surface area contributed by atoms with Crippen molar-refractivity contribution in [3.05, 3.63) is 51.9 Å². The monoisotopic (exact) mass is 291 g/mol. The zero-order valence-electron chi connectivity index (χ0n) is 12.0. The van der Waals surface area contributed by atoms with Crippen molar-refractivity contribution in [1.82, 2.24) is 10.5 Å². The molecule has 1 aromatic heterocycles. The van der Waals surface area contributed by atoms with Crippen LogP contribution >= 0.6 is 0 Å². The number of aryl methyl sites for hydroxylation is 2. The molecule has 0 saturated heterocycles. The second-order valence-electron chi connectivity index (χ2n) is 4.87. The van der Waals surface area contributed by atoms with Gasteiger partial charge in [0.2, 0.25) is 0 Å². The molecule has 0 spiro atoms.